The summed E-state index contributed by atoms with van der Waals surface area (Å²) < 4.78 is 0.754. The summed E-state index contributed by atoms with van der Waals surface area (Å²) in [5.41, 5.74) is 6.74. The SMILES string of the molecule is CC(C)c1[nH]nc(C(=O)NCCCCN)c1Br. The smallest absolute Gasteiger partial charge is 0.272 e. The lowest BCUT2D eigenvalue weighted by Crippen LogP contribution is -2.25. The maximum atomic E-state index is 11.8. The average molecular weight is 303 g/mol. The quantitative estimate of drug-likeness (QED) is 0.700. The van der Waals surface area contributed by atoms with Gasteiger partial charge in [-0.1, -0.05) is 13.8 Å². The second-order valence-corrected chi connectivity index (χ2v) is 5.00. The van der Waals surface area contributed by atoms with Crippen LogP contribution >= 0.6 is 15.9 Å². The standard InChI is InChI=1S/C11H19BrN4O/c1-7(2)9-8(12)10(16-15-9)11(17)14-6-4-3-5-13/h7H,3-6,13H2,1-2H3,(H,14,17)(H,15,16). The van der Waals surface area contributed by atoms with Gasteiger partial charge in [-0.3, -0.25) is 9.89 Å². The van der Waals surface area contributed by atoms with E-state index in [1.54, 1.807) is 0 Å². The molecule has 0 atom stereocenters. The number of halogens is 1. The number of carbonyl (C=O) groups is 1. The van der Waals surface area contributed by atoms with Crippen molar-refractivity contribution in [1.29, 1.82) is 0 Å². The van der Waals surface area contributed by atoms with Crippen molar-refractivity contribution in [3.8, 4) is 0 Å². The Morgan fingerprint density at radius 3 is 2.76 bits per heavy atom. The van der Waals surface area contributed by atoms with Gasteiger partial charge in [0, 0.05) is 6.54 Å². The van der Waals surface area contributed by atoms with Gasteiger partial charge >= 0.3 is 0 Å². The second kappa shape index (κ2) is 6.76. The van der Waals surface area contributed by atoms with E-state index in [0.29, 0.717) is 24.7 Å². The van der Waals surface area contributed by atoms with Crippen LogP contribution in [0.5, 0.6) is 0 Å². The number of carbonyl (C=O) groups excluding carboxylic acids is 1. The van der Waals surface area contributed by atoms with Crippen molar-refractivity contribution in [3.05, 3.63) is 15.9 Å². The number of hydrogen-bond acceptors (Lipinski definition) is 3. The minimum atomic E-state index is -0.156. The van der Waals surface area contributed by atoms with E-state index < -0.39 is 0 Å². The molecule has 0 unspecified atom stereocenters. The number of aromatic nitrogens is 2. The number of nitrogens with two attached hydrogens (primary N) is 1. The minimum Gasteiger partial charge on any atom is -0.351 e. The van der Waals surface area contributed by atoms with Crippen molar-refractivity contribution in [3.63, 3.8) is 0 Å². The first-order valence-electron chi connectivity index (χ1n) is 5.80. The normalized spacial score (nSPS) is 10.9. The second-order valence-electron chi connectivity index (χ2n) is 4.21. The maximum Gasteiger partial charge on any atom is 0.272 e. The van der Waals surface area contributed by atoms with Crippen LogP contribution in [0.1, 0.15) is 48.8 Å². The molecule has 0 aliphatic rings. The number of nitrogens with zero attached hydrogens (tertiary/aromatic N) is 1. The molecule has 0 saturated heterocycles. The molecule has 6 heteroatoms. The van der Waals surface area contributed by atoms with E-state index in [0.717, 1.165) is 23.0 Å². The monoisotopic (exact) mass is 302 g/mol. The van der Waals surface area contributed by atoms with Crippen molar-refractivity contribution < 1.29 is 4.79 Å². The summed E-state index contributed by atoms with van der Waals surface area (Å²) in [6.07, 6.45) is 1.81. The molecule has 0 aliphatic carbocycles. The van der Waals surface area contributed by atoms with E-state index in [-0.39, 0.29) is 5.91 Å². The molecule has 17 heavy (non-hydrogen) atoms. The third-order valence-corrected chi connectivity index (χ3v) is 3.24. The molecular formula is C11H19BrN4O. The Bertz CT molecular complexity index is 376. The van der Waals surface area contributed by atoms with Gasteiger partial charge in [0.05, 0.1) is 10.2 Å². The summed E-state index contributed by atoms with van der Waals surface area (Å²) in [5, 5.41) is 9.73. The van der Waals surface area contributed by atoms with Gasteiger partial charge in [-0.25, -0.2) is 0 Å². The number of hydrogen-bond donors (Lipinski definition) is 3. The fourth-order valence-electron chi connectivity index (χ4n) is 1.43. The van der Waals surface area contributed by atoms with E-state index in [9.17, 15) is 4.79 Å². The molecular weight excluding hydrogens is 284 g/mol. The zero-order valence-corrected chi connectivity index (χ0v) is 11.8. The summed E-state index contributed by atoms with van der Waals surface area (Å²) in [6, 6.07) is 0. The first kappa shape index (κ1) is 14.2. The van der Waals surface area contributed by atoms with Gasteiger partial charge < -0.3 is 11.1 Å². The Kier molecular flexibility index (Phi) is 5.64. The van der Waals surface area contributed by atoms with Gasteiger partial charge in [-0.15, -0.1) is 0 Å². The van der Waals surface area contributed by atoms with Crippen LogP contribution in [-0.2, 0) is 0 Å². The number of nitrogens with one attached hydrogen (secondary N) is 2. The van der Waals surface area contributed by atoms with Crippen molar-refractivity contribution >= 4 is 21.8 Å². The van der Waals surface area contributed by atoms with Crippen LogP contribution in [0.2, 0.25) is 0 Å². The lowest BCUT2D eigenvalue weighted by atomic mass is 10.1. The summed E-state index contributed by atoms with van der Waals surface area (Å²) in [4.78, 5) is 11.8. The van der Waals surface area contributed by atoms with Crippen LogP contribution in [0.15, 0.2) is 4.47 Å². The van der Waals surface area contributed by atoms with E-state index in [1.807, 2.05) is 13.8 Å². The van der Waals surface area contributed by atoms with E-state index >= 15 is 0 Å². The Morgan fingerprint density at radius 2 is 2.24 bits per heavy atom. The maximum absolute atomic E-state index is 11.8. The number of unbranched alkanes of at least 4 members (excludes halogenated alkanes) is 1. The highest BCUT2D eigenvalue weighted by molar-refractivity contribution is 9.10. The molecule has 0 radical (unpaired) electrons. The molecule has 96 valence electrons. The van der Waals surface area contributed by atoms with Crippen LogP contribution < -0.4 is 11.1 Å². The van der Waals surface area contributed by atoms with Crippen LogP contribution in [0.4, 0.5) is 0 Å². The molecule has 1 heterocycles. The molecule has 0 bridgehead atoms. The van der Waals surface area contributed by atoms with Crippen LogP contribution in [0, 0.1) is 0 Å². The summed E-state index contributed by atoms with van der Waals surface area (Å²) in [5.74, 6) is 0.146. The summed E-state index contributed by atoms with van der Waals surface area (Å²) in [6.45, 7) is 5.37. The third-order valence-electron chi connectivity index (χ3n) is 2.44. The Morgan fingerprint density at radius 1 is 1.53 bits per heavy atom. The Labute approximate surface area is 110 Å². The number of rotatable bonds is 6. The molecule has 0 fully saturated rings. The molecule has 1 amide bonds. The topological polar surface area (TPSA) is 83.8 Å². The molecule has 0 saturated carbocycles. The van der Waals surface area contributed by atoms with Crippen molar-refractivity contribution in [2.45, 2.75) is 32.6 Å². The minimum absolute atomic E-state index is 0.156. The highest BCUT2D eigenvalue weighted by atomic mass is 79.9. The lowest BCUT2D eigenvalue weighted by molar-refractivity contribution is 0.0947. The summed E-state index contributed by atoms with van der Waals surface area (Å²) in [7, 11) is 0. The average Bonchev–Trinajstić information content (AvgIpc) is 2.66. The third kappa shape index (κ3) is 3.81. The molecule has 1 aromatic rings. The van der Waals surface area contributed by atoms with Gasteiger partial charge in [0.15, 0.2) is 5.69 Å². The van der Waals surface area contributed by atoms with Crippen molar-refractivity contribution in [2.24, 2.45) is 5.73 Å². The van der Waals surface area contributed by atoms with Crippen LogP contribution in [-0.4, -0.2) is 29.2 Å². The first-order chi connectivity index (χ1) is 8.07. The van der Waals surface area contributed by atoms with Gasteiger partial charge in [0.25, 0.3) is 5.91 Å². The molecule has 0 aromatic carbocycles. The predicted octanol–water partition coefficient (Wildman–Crippen LogP) is 1.76. The number of H-pyrrole nitrogens is 1. The van der Waals surface area contributed by atoms with E-state index in [1.165, 1.54) is 0 Å². The Balaban J connectivity index is 2.57. The van der Waals surface area contributed by atoms with Gasteiger partial charge in [-0.2, -0.15) is 5.10 Å². The van der Waals surface area contributed by atoms with Crippen LogP contribution in [0.25, 0.3) is 0 Å². The van der Waals surface area contributed by atoms with Crippen LogP contribution in [0.3, 0.4) is 0 Å². The highest BCUT2D eigenvalue weighted by Gasteiger charge is 2.18. The van der Waals surface area contributed by atoms with Gasteiger partial charge in [0.2, 0.25) is 0 Å². The fourth-order valence-corrected chi connectivity index (χ4v) is 2.25. The van der Waals surface area contributed by atoms with E-state index in [4.69, 9.17) is 5.73 Å². The lowest BCUT2D eigenvalue weighted by Gasteiger charge is -2.03. The zero-order chi connectivity index (χ0) is 12.8. The first-order valence-corrected chi connectivity index (χ1v) is 6.59. The Hall–Kier alpha value is -0.880. The highest BCUT2D eigenvalue weighted by Crippen LogP contribution is 2.25. The number of aromatic amines is 1. The zero-order valence-electron chi connectivity index (χ0n) is 10.2. The molecule has 5 nitrogen and oxygen atoms in total. The molecule has 0 spiro atoms. The number of amides is 1. The molecule has 0 aliphatic heterocycles. The van der Waals surface area contributed by atoms with Crippen molar-refractivity contribution in [1.82, 2.24) is 15.5 Å². The molecule has 1 rings (SSSR count). The van der Waals surface area contributed by atoms with Gasteiger partial charge in [-0.05, 0) is 41.2 Å². The summed E-state index contributed by atoms with van der Waals surface area (Å²) >= 11 is 3.40. The van der Waals surface area contributed by atoms with Gasteiger partial charge in [0.1, 0.15) is 0 Å². The van der Waals surface area contributed by atoms with E-state index in [2.05, 4.69) is 31.4 Å². The van der Waals surface area contributed by atoms with Crippen molar-refractivity contribution in [2.75, 3.05) is 13.1 Å². The fraction of sp³-hybridized carbons (Fsp3) is 0.636. The predicted molar refractivity (Wildman–Crippen MR) is 71.0 cm³/mol. The largest absolute Gasteiger partial charge is 0.351 e. The molecule has 4 N–H and O–H groups in total. The molecule has 1 aromatic heterocycles.